The molecule has 1 aliphatic heterocycles. The maximum atomic E-state index is 13.7. The van der Waals surface area contributed by atoms with Crippen LogP contribution in [0.5, 0.6) is 0 Å². The predicted molar refractivity (Wildman–Crippen MR) is 149 cm³/mol. The fourth-order valence-corrected chi connectivity index (χ4v) is 5.84. The minimum atomic E-state index is -3.38. The predicted octanol–water partition coefficient (Wildman–Crippen LogP) is 3.88. The Morgan fingerprint density at radius 1 is 0.921 bits per heavy atom. The third-order valence-corrected chi connectivity index (χ3v) is 8.13. The number of H-pyrrole nitrogens is 1. The minimum Gasteiger partial charge on any atom is -0.367 e. The number of anilines is 2. The number of hydrogen-bond donors (Lipinski definition) is 1. The van der Waals surface area contributed by atoms with E-state index < -0.39 is 9.84 Å². The van der Waals surface area contributed by atoms with E-state index in [1.165, 1.54) is 6.26 Å². The topological polar surface area (TPSA) is 93.8 Å². The molecule has 1 aliphatic rings. The van der Waals surface area contributed by atoms with Crippen LogP contribution >= 0.6 is 0 Å². The van der Waals surface area contributed by atoms with E-state index in [1.807, 2.05) is 66.6 Å². The van der Waals surface area contributed by atoms with Crippen molar-refractivity contribution in [2.24, 2.45) is 0 Å². The van der Waals surface area contributed by atoms with Crippen molar-refractivity contribution < 1.29 is 18.0 Å². The van der Waals surface area contributed by atoms with E-state index >= 15 is 0 Å². The number of hydrogen-bond acceptors (Lipinski definition) is 5. The lowest BCUT2D eigenvalue weighted by Gasteiger charge is -2.37. The molecule has 1 aromatic heterocycles. The summed E-state index contributed by atoms with van der Waals surface area (Å²) in [5, 5.41) is 1.01. The van der Waals surface area contributed by atoms with Crippen molar-refractivity contribution in [1.29, 1.82) is 0 Å². The van der Waals surface area contributed by atoms with Crippen molar-refractivity contribution in [3.63, 3.8) is 0 Å². The summed E-state index contributed by atoms with van der Waals surface area (Å²) in [5.74, 6) is -0.400. The number of sulfone groups is 1. The quantitative estimate of drug-likeness (QED) is 0.409. The minimum absolute atomic E-state index is 0.0909. The normalized spacial score (nSPS) is 14.1. The lowest BCUT2D eigenvalue weighted by Crippen LogP contribution is -2.52. The Labute approximate surface area is 222 Å². The van der Waals surface area contributed by atoms with Crippen molar-refractivity contribution in [3.05, 3.63) is 90.1 Å². The zero-order valence-electron chi connectivity index (χ0n) is 21.4. The van der Waals surface area contributed by atoms with Crippen LogP contribution in [0, 0.1) is 6.92 Å². The zero-order valence-corrected chi connectivity index (χ0v) is 22.2. The molecule has 0 spiro atoms. The molecule has 0 unspecified atom stereocenters. The number of nitrogens with zero attached hydrogens (tertiary/aromatic N) is 3. The van der Waals surface area contributed by atoms with Gasteiger partial charge in [0.1, 0.15) is 6.54 Å². The number of benzene rings is 3. The van der Waals surface area contributed by atoms with E-state index in [9.17, 15) is 18.0 Å². The lowest BCUT2D eigenvalue weighted by atomic mass is 10.1. The van der Waals surface area contributed by atoms with Crippen LogP contribution < -0.4 is 9.80 Å². The van der Waals surface area contributed by atoms with E-state index in [0.717, 1.165) is 16.5 Å². The molecule has 0 atom stereocenters. The van der Waals surface area contributed by atoms with Crippen LogP contribution in [0.2, 0.25) is 0 Å². The Morgan fingerprint density at radius 3 is 2.37 bits per heavy atom. The monoisotopic (exact) mass is 530 g/mol. The number of nitrogens with one attached hydrogen (secondary N) is 1. The molecule has 0 aliphatic carbocycles. The summed E-state index contributed by atoms with van der Waals surface area (Å²) in [7, 11) is -3.38. The van der Waals surface area contributed by atoms with Gasteiger partial charge >= 0.3 is 0 Å². The molecule has 3 aromatic carbocycles. The highest BCUT2D eigenvalue weighted by Crippen LogP contribution is 2.27. The Bertz CT molecular complexity index is 1600. The van der Waals surface area contributed by atoms with Gasteiger partial charge in [0.25, 0.3) is 5.91 Å². The summed E-state index contributed by atoms with van der Waals surface area (Å²) in [6.45, 7) is 3.70. The van der Waals surface area contributed by atoms with Gasteiger partial charge in [-0.2, -0.15) is 0 Å². The number of fused-ring (bicyclic) bond motifs is 1. The summed E-state index contributed by atoms with van der Waals surface area (Å²) < 4.78 is 24.5. The van der Waals surface area contributed by atoms with Gasteiger partial charge in [-0.05, 0) is 54.3 Å². The second kappa shape index (κ2) is 10.3. The molecule has 1 fully saturated rings. The molecular weight excluding hydrogens is 500 g/mol. The summed E-state index contributed by atoms with van der Waals surface area (Å²) >= 11 is 0. The molecule has 4 aromatic rings. The SMILES string of the molecule is Cc1ccccc1N(CC(=O)N1CCN(c2ccccc2S(C)(=O)=O)CC1)C(=O)c1ccc2cc[nH]c2c1. The number of aromatic nitrogens is 1. The highest BCUT2D eigenvalue weighted by molar-refractivity contribution is 7.90. The van der Waals surface area contributed by atoms with Crippen molar-refractivity contribution in [2.45, 2.75) is 11.8 Å². The number of para-hydroxylation sites is 2. The van der Waals surface area contributed by atoms with Crippen molar-refractivity contribution in [1.82, 2.24) is 9.88 Å². The van der Waals surface area contributed by atoms with Gasteiger partial charge in [0, 0.05) is 55.4 Å². The first-order valence-electron chi connectivity index (χ1n) is 12.5. The maximum absolute atomic E-state index is 13.7. The van der Waals surface area contributed by atoms with E-state index in [-0.39, 0.29) is 23.3 Å². The summed E-state index contributed by atoms with van der Waals surface area (Å²) in [6.07, 6.45) is 3.03. The number of amides is 2. The number of aromatic amines is 1. The number of piperazine rings is 1. The molecule has 5 rings (SSSR count). The smallest absolute Gasteiger partial charge is 0.258 e. The molecule has 2 heterocycles. The number of rotatable bonds is 6. The molecule has 1 N–H and O–H groups in total. The first kappa shape index (κ1) is 25.5. The zero-order chi connectivity index (χ0) is 26.9. The molecule has 9 heteroatoms. The Hall–Kier alpha value is -4.11. The molecule has 8 nitrogen and oxygen atoms in total. The third kappa shape index (κ3) is 5.15. The van der Waals surface area contributed by atoms with Crippen LogP contribution in [-0.2, 0) is 14.6 Å². The van der Waals surface area contributed by atoms with Crippen LogP contribution in [0.1, 0.15) is 15.9 Å². The third-order valence-electron chi connectivity index (χ3n) is 6.98. The van der Waals surface area contributed by atoms with E-state index in [1.54, 1.807) is 34.1 Å². The Balaban J connectivity index is 1.35. The first-order chi connectivity index (χ1) is 18.2. The second-order valence-corrected chi connectivity index (χ2v) is 11.5. The van der Waals surface area contributed by atoms with Crippen LogP contribution in [0.3, 0.4) is 0 Å². The largest absolute Gasteiger partial charge is 0.367 e. The fraction of sp³-hybridized carbons (Fsp3) is 0.241. The molecule has 0 radical (unpaired) electrons. The second-order valence-electron chi connectivity index (χ2n) is 9.57. The van der Waals surface area contributed by atoms with Gasteiger partial charge in [-0.3, -0.25) is 14.5 Å². The van der Waals surface area contributed by atoms with E-state index in [4.69, 9.17) is 0 Å². The van der Waals surface area contributed by atoms with Crippen molar-refractivity contribution >= 4 is 43.9 Å². The number of carbonyl (C=O) groups excluding carboxylic acids is 2. The van der Waals surface area contributed by atoms with E-state index in [2.05, 4.69) is 4.98 Å². The summed E-state index contributed by atoms with van der Waals surface area (Å²) in [6, 6.07) is 21.9. The van der Waals surface area contributed by atoms with Gasteiger partial charge in [-0.1, -0.05) is 36.4 Å². The maximum Gasteiger partial charge on any atom is 0.258 e. The molecule has 2 amide bonds. The molecule has 1 saturated heterocycles. The van der Waals surface area contributed by atoms with Crippen LogP contribution in [0.25, 0.3) is 10.9 Å². The fourth-order valence-electron chi connectivity index (χ4n) is 4.93. The summed E-state index contributed by atoms with van der Waals surface area (Å²) in [4.78, 5) is 35.9. The number of aryl methyl sites for hydroxylation is 1. The van der Waals surface area contributed by atoms with Crippen molar-refractivity contribution in [3.8, 4) is 0 Å². The first-order valence-corrected chi connectivity index (χ1v) is 14.4. The average molecular weight is 531 g/mol. The molecule has 0 bridgehead atoms. The molecular formula is C29H30N4O4S. The van der Waals surface area contributed by atoms with Gasteiger partial charge in [0.2, 0.25) is 5.91 Å². The Kier molecular flexibility index (Phi) is 6.94. The van der Waals surface area contributed by atoms with Gasteiger partial charge in [-0.15, -0.1) is 0 Å². The van der Waals surface area contributed by atoms with Gasteiger partial charge in [-0.25, -0.2) is 8.42 Å². The summed E-state index contributed by atoms with van der Waals surface area (Å²) in [5.41, 5.74) is 3.60. The van der Waals surface area contributed by atoms with Crippen molar-refractivity contribution in [2.75, 3.05) is 48.8 Å². The molecule has 196 valence electrons. The van der Waals surface area contributed by atoms with Crippen LogP contribution in [0.15, 0.2) is 83.9 Å². The van der Waals surface area contributed by atoms with E-state index in [0.29, 0.717) is 43.1 Å². The van der Waals surface area contributed by atoms with Crippen LogP contribution in [0.4, 0.5) is 11.4 Å². The highest BCUT2D eigenvalue weighted by atomic mass is 32.2. The number of carbonyl (C=O) groups is 2. The standard InChI is InChI=1S/C29H30N4O4S/c1-21-7-3-4-8-25(21)33(29(35)23-12-11-22-13-14-30-24(22)19-23)20-28(34)32-17-15-31(16-18-32)26-9-5-6-10-27(26)38(2,36)37/h3-14,19,30H,15-18,20H2,1-2H3. The lowest BCUT2D eigenvalue weighted by molar-refractivity contribution is -0.129. The highest BCUT2D eigenvalue weighted by Gasteiger charge is 2.28. The van der Waals surface area contributed by atoms with Gasteiger partial charge in [0.05, 0.1) is 10.6 Å². The van der Waals surface area contributed by atoms with Crippen LogP contribution in [-0.4, -0.2) is 69.1 Å². The molecule has 0 saturated carbocycles. The van der Waals surface area contributed by atoms with Gasteiger partial charge < -0.3 is 14.8 Å². The average Bonchev–Trinajstić information content (AvgIpc) is 3.39. The van der Waals surface area contributed by atoms with Gasteiger partial charge in [0.15, 0.2) is 9.84 Å². The molecule has 38 heavy (non-hydrogen) atoms. The Morgan fingerprint density at radius 2 is 1.63 bits per heavy atom.